The van der Waals surface area contributed by atoms with E-state index in [1.807, 2.05) is 25.1 Å². The molecule has 0 saturated carbocycles. The number of ether oxygens (including phenoxy) is 1. The molecule has 2 atom stereocenters. The zero-order chi connectivity index (χ0) is 21.8. The van der Waals surface area contributed by atoms with Crippen molar-refractivity contribution in [2.45, 2.75) is 18.8 Å². The average Bonchev–Trinajstić information content (AvgIpc) is 3.22. The first-order chi connectivity index (χ1) is 14.9. The van der Waals surface area contributed by atoms with Crippen LogP contribution in [0.3, 0.4) is 0 Å². The first kappa shape index (κ1) is 19.5. The fourth-order valence-corrected chi connectivity index (χ4v) is 4.79. The highest BCUT2D eigenvalue weighted by Gasteiger charge is 2.62. The molecule has 154 valence electrons. The van der Waals surface area contributed by atoms with Gasteiger partial charge < -0.3 is 4.74 Å². The zero-order valence-electron chi connectivity index (χ0n) is 16.7. The Kier molecular flexibility index (Phi) is 4.45. The van der Waals surface area contributed by atoms with E-state index in [0.29, 0.717) is 27.6 Å². The van der Waals surface area contributed by atoms with Crippen LogP contribution in [0.4, 0.5) is 5.69 Å². The second-order valence-electron chi connectivity index (χ2n) is 7.86. The van der Waals surface area contributed by atoms with Crippen LogP contribution in [-0.4, -0.2) is 17.8 Å². The summed E-state index contributed by atoms with van der Waals surface area (Å²) in [6, 6.07) is 21.0. The smallest absolute Gasteiger partial charge is 0.327 e. The molecule has 1 fully saturated rings. The Morgan fingerprint density at radius 2 is 1.68 bits per heavy atom. The lowest BCUT2D eigenvalue weighted by Crippen LogP contribution is -2.46. The minimum absolute atomic E-state index is 0.0984. The number of para-hydroxylation sites is 1. The van der Waals surface area contributed by atoms with E-state index in [-0.39, 0.29) is 12.3 Å². The second-order valence-corrected chi connectivity index (χ2v) is 8.30. The molecule has 3 aromatic carbocycles. The number of carbonyl (C=O) groups is 3. The lowest BCUT2D eigenvalue weighted by atomic mass is 9.65. The molecule has 1 saturated heterocycles. The molecule has 0 radical (unpaired) electrons. The number of rotatable bonds is 3. The maximum absolute atomic E-state index is 13.7. The van der Waals surface area contributed by atoms with Gasteiger partial charge in [-0.05, 0) is 42.8 Å². The Balaban J connectivity index is 1.73. The highest BCUT2D eigenvalue weighted by atomic mass is 35.5. The van der Waals surface area contributed by atoms with Gasteiger partial charge in [0.2, 0.25) is 11.8 Å². The molecular formula is C25H18ClNO4. The Morgan fingerprint density at radius 1 is 0.968 bits per heavy atom. The van der Waals surface area contributed by atoms with E-state index in [2.05, 4.69) is 0 Å². The molecule has 6 heteroatoms. The Morgan fingerprint density at radius 3 is 2.39 bits per heavy atom. The van der Waals surface area contributed by atoms with Crippen molar-refractivity contribution in [2.75, 3.05) is 4.90 Å². The summed E-state index contributed by atoms with van der Waals surface area (Å²) in [5.74, 6) is -1.85. The molecule has 5 rings (SSSR count). The molecule has 2 amide bonds. The van der Waals surface area contributed by atoms with Gasteiger partial charge in [0.05, 0.1) is 11.6 Å². The molecule has 31 heavy (non-hydrogen) atoms. The van der Waals surface area contributed by atoms with Crippen LogP contribution in [0.2, 0.25) is 5.02 Å². The number of amides is 2. The average molecular weight is 432 g/mol. The summed E-state index contributed by atoms with van der Waals surface area (Å²) < 4.78 is 5.65. The molecular weight excluding hydrogens is 414 g/mol. The summed E-state index contributed by atoms with van der Waals surface area (Å²) in [6.07, 6.45) is -0.0984. The van der Waals surface area contributed by atoms with Gasteiger partial charge in [0, 0.05) is 17.0 Å². The number of fused-ring (bicyclic) bond motifs is 1. The summed E-state index contributed by atoms with van der Waals surface area (Å²) in [6.45, 7) is 1.91. The standard InChI is InChI=1S/C25H18ClNO4/c1-15-7-12-21-19(13-15)25(24(30)31-21,16-8-10-17(26)11-9-16)20-14-22(28)27(23(20)29)18-5-3-2-4-6-18/h2-13,20H,14H2,1H3/t20-,25+/m1/s1. The molecule has 0 aliphatic carbocycles. The van der Waals surface area contributed by atoms with Crippen LogP contribution in [0.25, 0.3) is 0 Å². The van der Waals surface area contributed by atoms with Gasteiger partial charge in [-0.15, -0.1) is 0 Å². The van der Waals surface area contributed by atoms with Crippen LogP contribution >= 0.6 is 11.6 Å². The first-order valence-corrected chi connectivity index (χ1v) is 10.3. The van der Waals surface area contributed by atoms with Crippen LogP contribution in [0.15, 0.2) is 72.8 Å². The summed E-state index contributed by atoms with van der Waals surface area (Å²) in [4.78, 5) is 41.3. The lowest BCUT2D eigenvalue weighted by Gasteiger charge is -2.31. The van der Waals surface area contributed by atoms with Crippen molar-refractivity contribution in [3.8, 4) is 5.75 Å². The van der Waals surface area contributed by atoms with Gasteiger partial charge in [-0.2, -0.15) is 0 Å². The van der Waals surface area contributed by atoms with Crippen molar-refractivity contribution in [3.63, 3.8) is 0 Å². The third-order valence-corrected chi connectivity index (χ3v) is 6.32. The van der Waals surface area contributed by atoms with E-state index >= 15 is 0 Å². The maximum atomic E-state index is 13.7. The number of carbonyl (C=O) groups excluding carboxylic acids is 3. The van der Waals surface area contributed by atoms with Crippen LogP contribution in [0.1, 0.15) is 23.1 Å². The molecule has 0 aromatic heterocycles. The number of aryl methyl sites for hydroxylation is 1. The number of hydrogen-bond acceptors (Lipinski definition) is 4. The number of hydrogen-bond donors (Lipinski definition) is 0. The minimum atomic E-state index is -1.43. The van der Waals surface area contributed by atoms with Crippen molar-refractivity contribution in [1.82, 2.24) is 0 Å². The summed E-state index contributed by atoms with van der Waals surface area (Å²) >= 11 is 6.09. The van der Waals surface area contributed by atoms with E-state index in [0.717, 1.165) is 5.56 Å². The van der Waals surface area contributed by atoms with Crippen molar-refractivity contribution < 1.29 is 19.1 Å². The highest BCUT2D eigenvalue weighted by Crippen LogP contribution is 2.53. The number of benzene rings is 3. The molecule has 2 aliphatic heterocycles. The fraction of sp³-hybridized carbons (Fsp3) is 0.160. The van der Waals surface area contributed by atoms with Crippen molar-refractivity contribution >= 4 is 35.1 Å². The normalized spacial score (nSPS) is 22.6. The van der Waals surface area contributed by atoms with Crippen LogP contribution in [-0.2, 0) is 19.8 Å². The predicted molar refractivity (Wildman–Crippen MR) is 116 cm³/mol. The third-order valence-electron chi connectivity index (χ3n) is 6.07. The zero-order valence-corrected chi connectivity index (χ0v) is 17.4. The van der Waals surface area contributed by atoms with Crippen LogP contribution in [0.5, 0.6) is 5.75 Å². The highest BCUT2D eigenvalue weighted by molar-refractivity contribution is 6.30. The van der Waals surface area contributed by atoms with Gasteiger partial charge in [0.1, 0.15) is 11.2 Å². The molecule has 5 nitrogen and oxygen atoms in total. The number of nitrogens with zero attached hydrogens (tertiary/aromatic N) is 1. The van der Waals surface area contributed by atoms with Gasteiger partial charge in [0.15, 0.2) is 0 Å². The quantitative estimate of drug-likeness (QED) is 0.349. The number of halogens is 1. The molecule has 0 spiro atoms. The maximum Gasteiger partial charge on any atom is 0.327 e. The number of esters is 1. The first-order valence-electron chi connectivity index (χ1n) is 9.94. The van der Waals surface area contributed by atoms with E-state index in [4.69, 9.17) is 16.3 Å². The Hall–Kier alpha value is -3.44. The Bertz CT molecular complexity index is 1220. The van der Waals surface area contributed by atoms with E-state index in [9.17, 15) is 14.4 Å². The molecule has 3 aromatic rings. The summed E-state index contributed by atoms with van der Waals surface area (Å²) in [7, 11) is 0. The predicted octanol–water partition coefficient (Wildman–Crippen LogP) is 4.43. The minimum Gasteiger partial charge on any atom is -0.425 e. The number of imide groups is 1. The van der Waals surface area contributed by atoms with Crippen molar-refractivity contribution in [3.05, 3.63) is 94.5 Å². The molecule has 0 unspecified atom stereocenters. The topological polar surface area (TPSA) is 63.7 Å². The van der Waals surface area contributed by atoms with Gasteiger partial charge in [-0.25, -0.2) is 0 Å². The van der Waals surface area contributed by atoms with E-state index < -0.39 is 23.2 Å². The fourth-order valence-electron chi connectivity index (χ4n) is 4.67. The summed E-state index contributed by atoms with van der Waals surface area (Å²) in [5, 5.41) is 0.509. The van der Waals surface area contributed by atoms with Crippen molar-refractivity contribution in [1.29, 1.82) is 0 Å². The third kappa shape index (κ3) is 2.81. The van der Waals surface area contributed by atoms with Gasteiger partial charge in [-0.3, -0.25) is 19.3 Å². The van der Waals surface area contributed by atoms with E-state index in [1.54, 1.807) is 54.6 Å². The Labute approximate surface area is 184 Å². The van der Waals surface area contributed by atoms with Crippen LogP contribution < -0.4 is 9.64 Å². The lowest BCUT2D eigenvalue weighted by molar-refractivity contribution is -0.141. The monoisotopic (exact) mass is 431 g/mol. The van der Waals surface area contributed by atoms with Gasteiger partial charge in [-0.1, -0.05) is 59.6 Å². The largest absolute Gasteiger partial charge is 0.425 e. The van der Waals surface area contributed by atoms with Gasteiger partial charge in [0.25, 0.3) is 0 Å². The number of anilines is 1. The molecule has 2 heterocycles. The second kappa shape index (κ2) is 7.06. The van der Waals surface area contributed by atoms with Crippen LogP contribution in [0, 0.1) is 12.8 Å². The van der Waals surface area contributed by atoms with Crippen molar-refractivity contribution in [2.24, 2.45) is 5.92 Å². The summed E-state index contributed by atoms with van der Waals surface area (Å²) in [5.41, 5.74) is 1.16. The van der Waals surface area contributed by atoms with Gasteiger partial charge >= 0.3 is 5.97 Å². The SMILES string of the molecule is Cc1ccc2c(c1)[C@@](c1ccc(Cl)cc1)([C@@H]1CC(=O)N(c3ccccc3)C1=O)C(=O)O2. The molecule has 0 bridgehead atoms. The molecule has 0 N–H and O–H groups in total. The molecule has 2 aliphatic rings. The van der Waals surface area contributed by atoms with E-state index in [1.165, 1.54) is 4.90 Å².